The quantitative estimate of drug-likeness (QED) is 0.779. The maximum Gasteiger partial charge on any atom is 0.256 e. The van der Waals surface area contributed by atoms with Crippen LogP contribution in [-0.4, -0.2) is 44.8 Å². The van der Waals surface area contributed by atoms with Crippen molar-refractivity contribution < 1.29 is 22.0 Å². The Morgan fingerprint density at radius 2 is 1.95 bits per heavy atom. The third kappa shape index (κ3) is 4.42. The number of hydrogen-bond acceptors (Lipinski definition) is 3. The van der Waals surface area contributed by atoms with Crippen molar-refractivity contribution in [2.45, 2.75) is 6.42 Å². The molecule has 8 heteroatoms. The molecule has 0 aromatic heterocycles. The van der Waals surface area contributed by atoms with E-state index < -0.39 is 32.4 Å². The number of hydrogen-bond donors (Lipinski definition) is 0. The fraction of sp³-hybridized carbons (Fsp3) is 0.417. The number of amides is 1. The Bertz CT molecular complexity index is 619. The van der Waals surface area contributed by atoms with Gasteiger partial charge in [0, 0.05) is 19.8 Å². The number of benzene rings is 1. The summed E-state index contributed by atoms with van der Waals surface area (Å²) >= 11 is 5.40. The van der Waals surface area contributed by atoms with Gasteiger partial charge in [-0.15, -0.1) is 0 Å². The number of rotatable bonds is 5. The van der Waals surface area contributed by atoms with Crippen molar-refractivity contribution in [3.63, 3.8) is 0 Å². The topological polar surface area (TPSA) is 54.5 Å². The van der Waals surface area contributed by atoms with Gasteiger partial charge in [0.1, 0.15) is 20.7 Å². The van der Waals surface area contributed by atoms with Crippen LogP contribution < -0.4 is 0 Å². The van der Waals surface area contributed by atoms with Gasteiger partial charge in [-0.3, -0.25) is 4.79 Å². The molecule has 20 heavy (non-hydrogen) atoms. The average molecular weight is 326 g/mol. The van der Waals surface area contributed by atoms with Gasteiger partial charge >= 0.3 is 0 Å². The normalized spacial score (nSPS) is 11.4. The van der Waals surface area contributed by atoms with Crippen LogP contribution in [0.25, 0.3) is 0 Å². The summed E-state index contributed by atoms with van der Waals surface area (Å²) in [4.78, 5) is 13.1. The molecule has 1 aromatic rings. The van der Waals surface area contributed by atoms with Crippen molar-refractivity contribution in [3.8, 4) is 0 Å². The predicted molar refractivity (Wildman–Crippen MR) is 72.7 cm³/mol. The Hall–Kier alpha value is -1.21. The zero-order chi connectivity index (χ0) is 15.5. The first-order chi connectivity index (χ1) is 9.13. The SMILES string of the molecule is CN(CCCS(C)(=O)=O)C(=O)c1ccc(F)c(Cl)c1F. The maximum absolute atomic E-state index is 13.7. The molecule has 0 saturated heterocycles. The van der Waals surface area contributed by atoms with Crippen molar-refractivity contribution >= 4 is 27.3 Å². The van der Waals surface area contributed by atoms with Gasteiger partial charge in [-0.05, 0) is 18.6 Å². The molecule has 0 aliphatic rings. The molecule has 0 unspecified atom stereocenters. The first kappa shape index (κ1) is 16.8. The van der Waals surface area contributed by atoms with Gasteiger partial charge in [0.2, 0.25) is 0 Å². The highest BCUT2D eigenvalue weighted by Gasteiger charge is 2.20. The van der Waals surface area contributed by atoms with E-state index in [2.05, 4.69) is 0 Å². The third-order valence-electron chi connectivity index (χ3n) is 2.62. The Morgan fingerprint density at radius 3 is 2.50 bits per heavy atom. The molecule has 0 fully saturated rings. The van der Waals surface area contributed by atoms with Crippen molar-refractivity contribution in [3.05, 3.63) is 34.4 Å². The molecule has 1 amide bonds. The van der Waals surface area contributed by atoms with Crippen LogP contribution in [0.15, 0.2) is 12.1 Å². The van der Waals surface area contributed by atoms with E-state index in [4.69, 9.17) is 11.6 Å². The van der Waals surface area contributed by atoms with Crippen LogP contribution in [0.1, 0.15) is 16.8 Å². The minimum absolute atomic E-state index is 0.0721. The number of halogens is 3. The highest BCUT2D eigenvalue weighted by atomic mass is 35.5. The number of nitrogens with zero attached hydrogens (tertiary/aromatic N) is 1. The lowest BCUT2D eigenvalue weighted by Crippen LogP contribution is -2.29. The molecule has 0 aliphatic carbocycles. The van der Waals surface area contributed by atoms with E-state index in [1.54, 1.807) is 0 Å². The molecule has 0 saturated carbocycles. The zero-order valence-electron chi connectivity index (χ0n) is 11.0. The Labute approximate surface area is 121 Å². The summed E-state index contributed by atoms with van der Waals surface area (Å²) in [7, 11) is -1.71. The lowest BCUT2D eigenvalue weighted by Gasteiger charge is -2.17. The van der Waals surface area contributed by atoms with E-state index in [-0.39, 0.29) is 24.3 Å². The molecule has 0 N–H and O–H groups in total. The maximum atomic E-state index is 13.7. The molecule has 0 atom stereocenters. The van der Waals surface area contributed by atoms with Crippen LogP contribution in [0.4, 0.5) is 8.78 Å². The van der Waals surface area contributed by atoms with Gasteiger partial charge in [0.25, 0.3) is 5.91 Å². The summed E-state index contributed by atoms with van der Waals surface area (Å²) in [5.41, 5.74) is -0.349. The lowest BCUT2D eigenvalue weighted by atomic mass is 10.2. The Morgan fingerprint density at radius 1 is 1.35 bits per heavy atom. The zero-order valence-corrected chi connectivity index (χ0v) is 12.6. The highest BCUT2D eigenvalue weighted by Crippen LogP contribution is 2.22. The molecule has 1 aromatic carbocycles. The van der Waals surface area contributed by atoms with Crippen molar-refractivity contribution in [2.75, 3.05) is 25.6 Å². The van der Waals surface area contributed by atoms with Crippen LogP contribution in [0.3, 0.4) is 0 Å². The van der Waals surface area contributed by atoms with Crippen LogP contribution in [0.2, 0.25) is 5.02 Å². The summed E-state index contributed by atoms with van der Waals surface area (Å²) < 4.78 is 48.6. The van der Waals surface area contributed by atoms with Gasteiger partial charge < -0.3 is 4.90 Å². The largest absolute Gasteiger partial charge is 0.342 e. The molecule has 0 radical (unpaired) electrons. The number of carbonyl (C=O) groups excluding carboxylic acids is 1. The lowest BCUT2D eigenvalue weighted by molar-refractivity contribution is 0.0790. The summed E-state index contributed by atoms with van der Waals surface area (Å²) in [6.45, 7) is 0.139. The molecular weight excluding hydrogens is 312 g/mol. The second kappa shape index (κ2) is 6.49. The van der Waals surface area contributed by atoms with E-state index in [9.17, 15) is 22.0 Å². The van der Waals surface area contributed by atoms with Crippen molar-refractivity contribution in [1.29, 1.82) is 0 Å². The summed E-state index contributed by atoms with van der Waals surface area (Å²) in [5, 5.41) is -0.736. The molecule has 112 valence electrons. The molecule has 0 aliphatic heterocycles. The van der Waals surface area contributed by atoms with E-state index >= 15 is 0 Å². The van der Waals surface area contributed by atoms with E-state index in [1.807, 2.05) is 0 Å². The Balaban J connectivity index is 2.78. The average Bonchev–Trinajstić information content (AvgIpc) is 2.34. The first-order valence-corrected chi connectivity index (χ1v) is 8.14. The van der Waals surface area contributed by atoms with Gasteiger partial charge in [-0.25, -0.2) is 17.2 Å². The van der Waals surface area contributed by atoms with Gasteiger partial charge in [-0.1, -0.05) is 11.6 Å². The molecule has 0 bridgehead atoms. The van der Waals surface area contributed by atoms with E-state index in [1.165, 1.54) is 7.05 Å². The van der Waals surface area contributed by atoms with Crippen molar-refractivity contribution in [1.82, 2.24) is 4.90 Å². The Kier molecular flexibility index (Phi) is 5.47. The molecular formula is C12H14ClF2NO3S. The highest BCUT2D eigenvalue weighted by molar-refractivity contribution is 7.90. The van der Waals surface area contributed by atoms with E-state index in [0.29, 0.717) is 0 Å². The van der Waals surface area contributed by atoms with Gasteiger partial charge in [0.05, 0.1) is 11.3 Å². The second-order valence-electron chi connectivity index (χ2n) is 4.43. The van der Waals surface area contributed by atoms with E-state index in [0.717, 1.165) is 23.3 Å². The van der Waals surface area contributed by atoms with Crippen LogP contribution in [-0.2, 0) is 9.84 Å². The number of sulfone groups is 1. The molecule has 4 nitrogen and oxygen atoms in total. The fourth-order valence-electron chi connectivity index (χ4n) is 1.56. The van der Waals surface area contributed by atoms with Crippen LogP contribution in [0.5, 0.6) is 0 Å². The third-order valence-corrected chi connectivity index (χ3v) is 4.00. The minimum Gasteiger partial charge on any atom is -0.342 e. The predicted octanol–water partition coefficient (Wildman–Crippen LogP) is 2.12. The second-order valence-corrected chi connectivity index (χ2v) is 7.07. The summed E-state index contributed by atoms with van der Waals surface area (Å²) in [6, 6.07) is 1.91. The van der Waals surface area contributed by atoms with Gasteiger partial charge in [0.15, 0.2) is 5.82 Å². The fourth-order valence-corrected chi connectivity index (χ4v) is 2.38. The first-order valence-electron chi connectivity index (χ1n) is 5.70. The summed E-state index contributed by atoms with van der Waals surface area (Å²) in [5.74, 6) is -2.82. The monoisotopic (exact) mass is 325 g/mol. The summed E-state index contributed by atoms with van der Waals surface area (Å²) in [6.07, 6.45) is 1.33. The molecule has 0 spiro atoms. The molecule has 1 rings (SSSR count). The van der Waals surface area contributed by atoms with Gasteiger partial charge in [-0.2, -0.15) is 0 Å². The van der Waals surface area contributed by atoms with Crippen LogP contribution in [0, 0.1) is 11.6 Å². The number of carbonyl (C=O) groups is 1. The standard InChI is InChI=1S/C12H14ClF2NO3S/c1-16(6-3-7-20(2,18)19)12(17)8-4-5-9(14)10(13)11(8)15/h4-5H,3,6-7H2,1-2H3. The smallest absolute Gasteiger partial charge is 0.256 e. The van der Waals surface area contributed by atoms with Crippen molar-refractivity contribution in [2.24, 2.45) is 0 Å². The molecule has 0 heterocycles. The van der Waals surface area contributed by atoms with Crippen LogP contribution >= 0.6 is 11.6 Å². The minimum atomic E-state index is -3.11.